The third kappa shape index (κ3) is 1.83. The summed E-state index contributed by atoms with van der Waals surface area (Å²) in [5.41, 5.74) is 0.0380. The first-order valence-electron chi connectivity index (χ1n) is 4.04. The van der Waals surface area contributed by atoms with Crippen LogP contribution in [0.2, 0.25) is 0 Å². The van der Waals surface area contributed by atoms with Crippen LogP contribution >= 0.6 is 11.8 Å². The standard InChI is InChI=1S/C9H15NOS/c1-7(11)8-10(5-6-12-8)9(2,3)4/h5-6,8H,1-4H3. The summed E-state index contributed by atoms with van der Waals surface area (Å²) in [6.07, 6.45) is 2.00. The van der Waals surface area contributed by atoms with Crippen molar-refractivity contribution < 1.29 is 4.79 Å². The van der Waals surface area contributed by atoms with Crippen molar-refractivity contribution in [2.45, 2.75) is 38.6 Å². The van der Waals surface area contributed by atoms with Gasteiger partial charge in [0.15, 0.2) is 5.78 Å². The van der Waals surface area contributed by atoms with Crippen LogP contribution in [0.15, 0.2) is 11.6 Å². The topological polar surface area (TPSA) is 20.3 Å². The Hall–Kier alpha value is -0.440. The van der Waals surface area contributed by atoms with Gasteiger partial charge in [0.1, 0.15) is 5.37 Å². The van der Waals surface area contributed by atoms with E-state index >= 15 is 0 Å². The Bertz CT molecular complexity index is 217. The van der Waals surface area contributed by atoms with Gasteiger partial charge < -0.3 is 4.90 Å². The highest BCUT2D eigenvalue weighted by atomic mass is 32.2. The maximum absolute atomic E-state index is 11.2. The van der Waals surface area contributed by atoms with Gasteiger partial charge in [-0.15, -0.1) is 0 Å². The predicted molar refractivity (Wildman–Crippen MR) is 52.8 cm³/mol. The first kappa shape index (κ1) is 9.65. The highest BCUT2D eigenvalue weighted by Crippen LogP contribution is 2.31. The number of hydrogen-bond acceptors (Lipinski definition) is 3. The molecule has 0 N–H and O–H groups in total. The van der Waals surface area contributed by atoms with Crippen molar-refractivity contribution in [2.24, 2.45) is 0 Å². The molecule has 0 saturated carbocycles. The smallest absolute Gasteiger partial charge is 0.162 e. The van der Waals surface area contributed by atoms with E-state index in [0.717, 1.165) is 0 Å². The molecule has 68 valence electrons. The highest BCUT2D eigenvalue weighted by molar-refractivity contribution is 8.03. The van der Waals surface area contributed by atoms with Crippen LogP contribution in [0.25, 0.3) is 0 Å². The molecular weight excluding hydrogens is 170 g/mol. The van der Waals surface area contributed by atoms with Gasteiger partial charge in [0, 0.05) is 11.7 Å². The molecule has 1 atom stereocenters. The zero-order chi connectivity index (χ0) is 9.35. The van der Waals surface area contributed by atoms with E-state index < -0.39 is 0 Å². The predicted octanol–water partition coefficient (Wildman–Crippen LogP) is 2.22. The van der Waals surface area contributed by atoms with E-state index in [9.17, 15) is 4.79 Å². The number of Topliss-reactive ketones (excluding diaryl/α,β-unsaturated/α-hetero) is 1. The summed E-state index contributed by atoms with van der Waals surface area (Å²) in [5.74, 6) is 0.222. The molecule has 0 saturated heterocycles. The SMILES string of the molecule is CC(=O)C1SC=CN1C(C)(C)C. The number of thioether (sulfide) groups is 1. The van der Waals surface area contributed by atoms with E-state index in [1.165, 1.54) is 0 Å². The van der Waals surface area contributed by atoms with Crippen LogP contribution in [0.1, 0.15) is 27.7 Å². The van der Waals surface area contributed by atoms with E-state index in [0.29, 0.717) is 0 Å². The Labute approximate surface area is 78.0 Å². The van der Waals surface area contributed by atoms with Crippen LogP contribution < -0.4 is 0 Å². The third-order valence-corrected chi connectivity index (χ3v) is 2.90. The van der Waals surface area contributed by atoms with Gasteiger partial charge >= 0.3 is 0 Å². The van der Waals surface area contributed by atoms with E-state index in [2.05, 4.69) is 25.7 Å². The van der Waals surface area contributed by atoms with Crippen molar-refractivity contribution in [2.75, 3.05) is 0 Å². The molecule has 0 aromatic carbocycles. The van der Waals surface area contributed by atoms with Crippen LogP contribution in [-0.2, 0) is 4.79 Å². The number of nitrogens with zero attached hydrogens (tertiary/aromatic N) is 1. The van der Waals surface area contributed by atoms with Crippen LogP contribution in [0.4, 0.5) is 0 Å². The summed E-state index contributed by atoms with van der Waals surface area (Å²) in [6, 6.07) is 0. The molecule has 0 aliphatic carbocycles. The van der Waals surface area contributed by atoms with Gasteiger partial charge in [-0.2, -0.15) is 0 Å². The van der Waals surface area contributed by atoms with Crippen molar-refractivity contribution in [1.29, 1.82) is 0 Å². The first-order valence-corrected chi connectivity index (χ1v) is 4.98. The van der Waals surface area contributed by atoms with Crippen molar-refractivity contribution in [3.8, 4) is 0 Å². The van der Waals surface area contributed by atoms with Crippen LogP contribution in [0.5, 0.6) is 0 Å². The molecule has 0 spiro atoms. The minimum Gasteiger partial charge on any atom is -0.354 e. The van der Waals surface area contributed by atoms with Crippen LogP contribution in [0.3, 0.4) is 0 Å². The Morgan fingerprint density at radius 1 is 1.50 bits per heavy atom. The molecule has 0 amide bonds. The second kappa shape index (κ2) is 3.13. The zero-order valence-corrected chi connectivity index (χ0v) is 8.81. The van der Waals surface area contributed by atoms with E-state index in [1.54, 1.807) is 18.7 Å². The second-order valence-electron chi connectivity index (χ2n) is 3.96. The summed E-state index contributed by atoms with van der Waals surface area (Å²) < 4.78 is 0. The number of carbonyl (C=O) groups is 1. The Morgan fingerprint density at radius 2 is 2.08 bits per heavy atom. The molecule has 0 fully saturated rings. The van der Waals surface area contributed by atoms with Gasteiger partial charge in [-0.1, -0.05) is 11.8 Å². The molecular formula is C9H15NOS. The van der Waals surface area contributed by atoms with Gasteiger partial charge in [-0.25, -0.2) is 0 Å². The van der Waals surface area contributed by atoms with Gasteiger partial charge in [0.2, 0.25) is 0 Å². The molecule has 12 heavy (non-hydrogen) atoms. The average molecular weight is 185 g/mol. The minimum atomic E-state index is -0.00926. The van der Waals surface area contributed by atoms with Gasteiger partial charge in [-0.05, 0) is 33.1 Å². The molecule has 1 unspecified atom stereocenters. The lowest BCUT2D eigenvalue weighted by Crippen LogP contribution is -2.43. The fourth-order valence-electron chi connectivity index (χ4n) is 1.19. The molecule has 2 nitrogen and oxygen atoms in total. The number of rotatable bonds is 1. The first-order chi connectivity index (χ1) is 5.43. The lowest BCUT2D eigenvalue weighted by molar-refractivity contribution is -0.119. The summed E-state index contributed by atoms with van der Waals surface area (Å²) in [4.78, 5) is 13.3. The maximum atomic E-state index is 11.2. The van der Waals surface area contributed by atoms with Crippen molar-refractivity contribution in [3.05, 3.63) is 11.6 Å². The normalized spacial score (nSPS) is 23.3. The average Bonchev–Trinajstić information content (AvgIpc) is 2.30. The van der Waals surface area contributed by atoms with E-state index in [4.69, 9.17) is 0 Å². The van der Waals surface area contributed by atoms with E-state index in [1.807, 2.05) is 11.6 Å². The van der Waals surface area contributed by atoms with Crippen LogP contribution in [0, 0.1) is 0 Å². The van der Waals surface area contributed by atoms with Crippen molar-refractivity contribution in [3.63, 3.8) is 0 Å². The Morgan fingerprint density at radius 3 is 2.42 bits per heavy atom. The maximum Gasteiger partial charge on any atom is 0.162 e. The quantitative estimate of drug-likeness (QED) is 0.624. The highest BCUT2D eigenvalue weighted by Gasteiger charge is 2.31. The number of ketones is 1. The molecule has 0 aromatic rings. The Kier molecular flexibility index (Phi) is 2.52. The zero-order valence-electron chi connectivity index (χ0n) is 8.00. The molecule has 0 bridgehead atoms. The molecule has 1 aliphatic rings. The minimum absolute atomic E-state index is 0.00926. The molecule has 3 heteroatoms. The van der Waals surface area contributed by atoms with Crippen molar-refractivity contribution in [1.82, 2.24) is 4.90 Å². The third-order valence-electron chi connectivity index (χ3n) is 1.80. The molecule has 1 heterocycles. The fourth-order valence-corrected chi connectivity index (χ4v) is 2.25. The van der Waals surface area contributed by atoms with Gasteiger partial charge in [0.05, 0.1) is 0 Å². The van der Waals surface area contributed by atoms with Gasteiger partial charge in [0.25, 0.3) is 0 Å². The monoisotopic (exact) mass is 185 g/mol. The molecule has 1 rings (SSSR count). The number of hydrogen-bond donors (Lipinski definition) is 0. The molecule has 1 aliphatic heterocycles. The van der Waals surface area contributed by atoms with Gasteiger partial charge in [-0.3, -0.25) is 4.79 Å². The second-order valence-corrected chi connectivity index (χ2v) is 4.95. The lowest BCUT2D eigenvalue weighted by atomic mass is 10.1. The summed E-state index contributed by atoms with van der Waals surface area (Å²) in [6.45, 7) is 7.97. The van der Waals surface area contributed by atoms with E-state index in [-0.39, 0.29) is 16.7 Å². The number of carbonyl (C=O) groups excluding carboxylic acids is 1. The summed E-state index contributed by atoms with van der Waals surface area (Å²) >= 11 is 1.58. The summed E-state index contributed by atoms with van der Waals surface area (Å²) in [5, 5.41) is 1.97. The van der Waals surface area contributed by atoms with Crippen LogP contribution in [-0.4, -0.2) is 21.6 Å². The molecule has 0 radical (unpaired) electrons. The summed E-state index contributed by atoms with van der Waals surface area (Å²) in [7, 11) is 0. The fraction of sp³-hybridized carbons (Fsp3) is 0.667. The van der Waals surface area contributed by atoms with Crippen molar-refractivity contribution >= 4 is 17.5 Å². The Balaban J connectivity index is 2.76. The largest absolute Gasteiger partial charge is 0.354 e. The molecule has 0 aromatic heterocycles. The lowest BCUT2D eigenvalue weighted by Gasteiger charge is -2.35.